The predicted octanol–water partition coefficient (Wildman–Crippen LogP) is 0.966. The monoisotopic (exact) mass is 215 g/mol. The highest BCUT2D eigenvalue weighted by molar-refractivity contribution is 5.69. The van der Waals surface area contributed by atoms with Crippen LogP contribution >= 0.6 is 0 Å². The first-order valence-corrected chi connectivity index (χ1v) is 5.25. The number of hydrogen-bond donors (Lipinski definition) is 2. The van der Waals surface area contributed by atoms with Crippen molar-refractivity contribution in [2.45, 2.75) is 26.3 Å². The molecule has 2 N–H and O–H groups in total. The van der Waals surface area contributed by atoms with Crippen molar-refractivity contribution in [2.24, 2.45) is 5.92 Å². The number of aliphatic carboxylic acids is 1. The number of carboxylic acid groups (broad SMARTS) is 1. The fourth-order valence-corrected chi connectivity index (χ4v) is 1.47. The van der Waals surface area contributed by atoms with Crippen molar-refractivity contribution < 1.29 is 15.0 Å². The summed E-state index contributed by atoms with van der Waals surface area (Å²) in [5, 5.41) is 18.0. The molecule has 15 heavy (non-hydrogen) atoms. The van der Waals surface area contributed by atoms with Crippen LogP contribution in [0.15, 0.2) is 12.7 Å². The zero-order valence-electron chi connectivity index (χ0n) is 9.52. The van der Waals surface area contributed by atoms with E-state index in [1.54, 1.807) is 13.0 Å². The molecule has 0 aliphatic heterocycles. The maximum absolute atomic E-state index is 10.7. The maximum atomic E-state index is 10.7. The Hall–Kier alpha value is -0.870. The van der Waals surface area contributed by atoms with Crippen LogP contribution in [-0.4, -0.2) is 46.8 Å². The summed E-state index contributed by atoms with van der Waals surface area (Å²) in [4.78, 5) is 12.7. The van der Waals surface area contributed by atoms with Crippen LogP contribution in [-0.2, 0) is 4.79 Å². The van der Waals surface area contributed by atoms with Crippen LogP contribution in [0.5, 0.6) is 0 Å². The molecule has 0 heterocycles. The summed E-state index contributed by atoms with van der Waals surface area (Å²) in [6.45, 7) is 8.38. The molecule has 0 bridgehead atoms. The van der Waals surface area contributed by atoms with E-state index < -0.39 is 11.9 Å². The Morgan fingerprint density at radius 1 is 1.60 bits per heavy atom. The first-order chi connectivity index (χ1) is 7.06. The number of carboxylic acids is 1. The van der Waals surface area contributed by atoms with Crippen molar-refractivity contribution in [2.75, 3.05) is 19.7 Å². The van der Waals surface area contributed by atoms with Crippen LogP contribution in [0.1, 0.15) is 20.3 Å². The third-order valence-corrected chi connectivity index (χ3v) is 2.49. The number of aliphatic hydroxyl groups is 1. The molecule has 0 aliphatic rings. The Kier molecular flexibility index (Phi) is 6.99. The minimum Gasteiger partial charge on any atom is -0.481 e. The summed E-state index contributed by atoms with van der Waals surface area (Å²) in [7, 11) is 0. The zero-order chi connectivity index (χ0) is 11.8. The summed E-state index contributed by atoms with van der Waals surface area (Å²) in [5.41, 5.74) is 0. The van der Waals surface area contributed by atoms with Gasteiger partial charge in [-0.25, -0.2) is 0 Å². The summed E-state index contributed by atoms with van der Waals surface area (Å²) < 4.78 is 0. The minimum absolute atomic E-state index is 0.0183. The first-order valence-electron chi connectivity index (χ1n) is 5.25. The van der Waals surface area contributed by atoms with Crippen LogP contribution < -0.4 is 0 Å². The molecule has 0 saturated carbocycles. The summed E-state index contributed by atoms with van der Waals surface area (Å²) >= 11 is 0. The van der Waals surface area contributed by atoms with Crippen molar-refractivity contribution in [3.8, 4) is 0 Å². The lowest BCUT2D eigenvalue weighted by Crippen LogP contribution is -2.41. The topological polar surface area (TPSA) is 60.8 Å². The standard InChI is InChI=1S/C11H21NO3/c1-4-6-12(10(5-2)8-13)7-9(3)11(14)15/h4,9-10,13H,1,5-8H2,2-3H3,(H,14,15). The number of rotatable bonds is 8. The molecule has 0 spiro atoms. The molecule has 88 valence electrons. The smallest absolute Gasteiger partial charge is 0.307 e. The predicted molar refractivity (Wildman–Crippen MR) is 59.7 cm³/mol. The molecule has 4 heteroatoms. The van der Waals surface area contributed by atoms with Gasteiger partial charge in [0.05, 0.1) is 12.5 Å². The molecule has 2 atom stereocenters. The van der Waals surface area contributed by atoms with E-state index in [0.717, 1.165) is 6.42 Å². The van der Waals surface area contributed by atoms with Crippen molar-refractivity contribution in [1.82, 2.24) is 4.90 Å². The highest BCUT2D eigenvalue weighted by Crippen LogP contribution is 2.08. The van der Waals surface area contributed by atoms with Gasteiger partial charge in [0.1, 0.15) is 0 Å². The van der Waals surface area contributed by atoms with E-state index in [1.165, 1.54) is 0 Å². The lowest BCUT2D eigenvalue weighted by atomic mass is 10.1. The van der Waals surface area contributed by atoms with Gasteiger partial charge in [0, 0.05) is 19.1 Å². The van der Waals surface area contributed by atoms with Crippen molar-refractivity contribution >= 4 is 5.97 Å². The van der Waals surface area contributed by atoms with E-state index in [4.69, 9.17) is 10.2 Å². The maximum Gasteiger partial charge on any atom is 0.307 e. The molecule has 0 amide bonds. The summed E-state index contributed by atoms with van der Waals surface area (Å²) in [6.07, 6.45) is 2.53. The third-order valence-electron chi connectivity index (χ3n) is 2.49. The van der Waals surface area contributed by atoms with E-state index in [-0.39, 0.29) is 12.6 Å². The van der Waals surface area contributed by atoms with Gasteiger partial charge in [0.15, 0.2) is 0 Å². The summed E-state index contributed by atoms with van der Waals surface area (Å²) in [5.74, 6) is -1.23. The second kappa shape index (κ2) is 7.43. The largest absolute Gasteiger partial charge is 0.481 e. The van der Waals surface area contributed by atoms with Gasteiger partial charge in [0.25, 0.3) is 0 Å². The van der Waals surface area contributed by atoms with Gasteiger partial charge in [-0.15, -0.1) is 6.58 Å². The Balaban J connectivity index is 4.36. The SMILES string of the molecule is C=CCN(CC(C)C(=O)O)C(CC)CO. The van der Waals surface area contributed by atoms with Gasteiger partial charge in [-0.05, 0) is 6.42 Å². The van der Waals surface area contributed by atoms with Gasteiger partial charge < -0.3 is 10.2 Å². The molecular weight excluding hydrogens is 194 g/mol. The Morgan fingerprint density at radius 3 is 2.53 bits per heavy atom. The van der Waals surface area contributed by atoms with Gasteiger partial charge in [-0.1, -0.05) is 19.9 Å². The fourth-order valence-electron chi connectivity index (χ4n) is 1.47. The fraction of sp³-hybridized carbons (Fsp3) is 0.727. The quantitative estimate of drug-likeness (QED) is 0.592. The van der Waals surface area contributed by atoms with Crippen molar-refractivity contribution in [3.05, 3.63) is 12.7 Å². The van der Waals surface area contributed by atoms with E-state index in [9.17, 15) is 4.79 Å². The van der Waals surface area contributed by atoms with E-state index in [1.807, 2.05) is 11.8 Å². The van der Waals surface area contributed by atoms with Gasteiger partial charge in [0.2, 0.25) is 0 Å². The Bertz CT molecular complexity index is 202. The Labute approximate surface area is 91.2 Å². The number of hydrogen-bond acceptors (Lipinski definition) is 3. The van der Waals surface area contributed by atoms with Crippen LogP contribution in [0.2, 0.25) is 0 Å². The molecule has 0 aromatic rings. The lowest BCUT2D eigenvalue weighted by molar-refractivity contribution is -0.142. The molecule has 0 rings (SSSR count). The molecular formula is C11H21NO3. The molecule has 0 saturated heterocycles. The van der Waals surface area contributed by atoms with Gasteiger partial charge in [-0.3, -0.25) is 9.69 Å². The highest BCUT2D eigenvalue weighted by atomic mass is 16.4. The van der Waals surface area contributed by atoms with Crippen LogP contribution in [0.4, 0.5) is 0 Å². The third kappa shape index (κ3) is 4.95. The van der Waals surface area contributed by atoms with E-state index in [2.05, 4.69) is 6.58 Å². The highest BCUT2D eigenvalue weighted by Gasteiger charge is 2.20. The average Bonchev–Trinajstić information content (AvgIpc) is 2.19. The average molecular weight is 215 g/mol. The normalized spacial score (nSPS) is 14.9. The minimum atomic E-state index is -0.808. The summed E-state index contributed by atoms with van der Waals surface area (Å²) in [6, 6.07) is 0.0183. The van der Waals surface area contributed by atoms with Crippen molar-refractivity contribution in [1.29, 1.82) is 0 Å². The molecule has 0 aromatic heterocycles. The van der Waals surface area contributed by atoms with Crippen LogP contribution in [0, 0.1) is 5.92 Å². The van der Waals surface area contributed by atoms with E-state index >= 15 is 0 Å². The molecule has 4 nitrogen and oxygen atoms in total. The van der Waals surface area contributed by atoms with Crippen LogP contribution in [0.25, 0.3) is 0 Å². The molecule has 0 aromatic carbocycles. The molecule has 0 radical (unpaired) electrons. The molecule has 0 aliphatic carbocycles. The first kappa shape index (κ1) is 14.1. The second-order valence-electron chi connectivity index (χ2n) is 3.73. The van der Waals surface area contributed by atoms with Crippen molar-refractivity contribution in [3.63, 3.8) is 0 Å². The lowest BCUT2D eigenvalue weighted by Gasteiger charge is -2.29. The number of carbonyl (C=O) groups is 1. The molecule has 0 fully saturated rings. The van der Waals surface area contributed by atoms with Gasteiger partial charge in [-0.2, -0.15) is 0 Å². The second-order valence-corrected chi connectivity index (χ2v) is 3.73. The van der Waals surface area contributed by atoms with E-state index in [0.29, 0.717) is 13.1 Å². The zero-order valence-corrected chi connectivity index (χ0v) is 9.52. The Morgan fingerprint density at radius 2 is 2.20 bits per heavy atom. The van der Waals surface area contributed by atoms with Gasteiger partial charge >= 0.3 is 5.97 Å². The molecule has 2 unspecified atom stereocenters. The number of nitrogens with zero attached hydrogens (tertiary/aromatic N) is 1. The van der Waals surface area contributed by atoms with Crippen LogP contribution in [0.3, 0.4) is 0 Å². The number of aliphatic hydroxyl groups excluding tert-OH is 1.